The molecule has 1 heterocycles. The standard InChI is InChI=1S/C20H19N5O3/c1-3-14-4-6-16(7-5-14)18-12-19(23-22-18)20(26)24-21-13(2)15-8-10-17(11-9-15)25(27)28/h4-12H,3H2,1-2H3,(H,22,23)(H,24,26)/b21-13+. The summed E-state index contributed by atoms with van der Waals surface area (Å²) in [7, 11) is 0. The van der Waals surface area contributed by atoms with Crippen molar-refractivity contribution in [2.24, 2.45) is 5.10 Å². The maximum atomic E-state index is 12.3. The number of carbonyl (C=O) groups is 1. The Morgan fingerprint density at radius 1 is 1.18 bits per heavy atom. The normalized spacial score (nSPS) is 11.3. The third-order valence-corrected chi connectivity index (χ3v) is 4.30. The van der Waals surface area contributed by atoms with Crippen molar-refractivity contribution in [3.8, 4) is 11.3 Å². The van der Waals surface area contributed by atoms with E-state index in [-0.39, 0.29) is 11.4 Å². The minimum Gasteiger partial charge on any atom is -0.272 e. The van der Waals surface area contributed by atoms with Crippen LogP contribution in [0.4, 0.5) is 5.69 Å². The maximum absolute atomic E-state index is 12.3. The van der Waals surface area contributed by atoms with Crippen LogP contribution in [0.1, 0.15) is 35.5 Å². The molecule has 2 N–H and O–H groups in total. The van der Waals surface area contributed by atoms with Gasteiger partial charge in [-0.25, -0.2) is 5.43 Å². The number of hydrazone groups is 1. The van der Waals surface area contributed by atoms with E-state index in [1.54, 1.807) is 25.1 Å². The van der Waals surface area contributed by atoms with E-state index in [1.807, 2.05) is 24.3 Å². The van der Waals surface area contributed by atoms with Gasteiger partial charge in [-0.2, -0.15) is 10.2 Å². The molecule has 0 unspecified atom stereocenters. The first-order chi connectivity index (χ1) is 13.5. The maximum Gasteiger partial charge on any atom is 0.289 e. The van der Waals surface area contributed by atoms with Crippen molar-refractivity contribution >= 4 is 17.3 Å². The summed E-state index contributed by atoms with van der Waals surface area (Å²) >= 11 is 0. The average Bonchev–Trinajstić information content (AvgIpc) is 3.22. The van der Waals surface area contributed by atoms with Gasteiger partial charge in [-0.1, -0.05) is 31.2 Å². The van der Waals surface area contributed by atoms with E-state index >= 15 is 0 Å². The first kappa shape index (κ1) is 19.0. The van der Waals surface area contributed by atoms with Crippen molar-refractivity contribution in [2.45, 2.75) is 20.3 Å². The average molecular weight is 377 g/mol. The fourth-order valence-electron chi connectivity index (χ4n) is 2.58. The van der Waals surface area contributed by atoms with Crippen molar-refractivity contribution in [1.29, 1.82) is 0 Å². The lowest BCUT2D eigenvalue weighted by molar-refractivity contribution is -0.384. The molecule has 0 spiro atoms. The van der Waals surface area contributed by atoms with Crippen LogP contribution in [-0.2, 0) is 6.42 Å². The number of aromatic amines is 1. The number of amides is 1. The Balaban J connectivity index is 1.68. The van der Waals surface area contributed by atoms with Crippen LogP contribution in [0.15, 0.2) is 59.7 Å². The number of H-pyrrole nitrogens is 1. The van der Waals surface area contributed by atoms with Gasteiger partial charge in [0.25, 0.3) is 11.6 Å². The molecule has 0 radical (unpaired) electrons. The summed E-state index contributed by atoms with van der Waals surface area (Å²) in [5.74, 6) is -0.426. The molecular weight excluding hydrogens is 358 g/mol. The van der Waals surface area contributed by atoms with Gasteiger partial charge < -0.3 is 0 Å². The van der Waals surface area contributed by atoms with Gasteiger partial charge in [0.1, 0.15) is 5.69 Å². The van der Waals surface area contributed by atoms with Gasteiger partial charge in [-0.15, -0.1) is 0 Å². The number of aromatic nitrogens is 2. The van der Waals surface area contributed by atoms with E-state index in [4.69, 9.17) is 0 Å². The zero-order valence-electron chi connectivity index (χ0n) is 15.5. The number of hydrogen-bond donors (Lipinski definition) is 2. The molecule has 0 aliphatic heterocycles. The number of nitrogens with one attached hydrogen (secondary N) is 2. The molecule has 3 aromatic rings. The smallest absolute Gasteiger partial charge is 0.272 e. The Morgan fingerprint density at radius 2 is 1.86 bits per heavy atom. The molecule has 28 heavy (non-hydrogen) atoms. The Kier molecular flexibility index (Phi) is 5.59. The number of carbonyl (C=O) groups excluding carboxylic acids is 1. The van der Waals surface area contributed by atoms with Crippen molar-refractivity contribution in [1.82, 2.24) is 15.6 Å². The van der Waals surface area contributed by atoms with E-state index in [9.17, 15) is 14.9 Å². The van der Waals surface area contributed by atoms with E-state index < -0.39 is 10.8 Å². The predicted octanol–water partition coefficient (Wildman–Crippen LogP) is 3.70. The van der Waals surface area contributed by atoms with Crippen molar-refractivity contribution < 1.29 is 9.72 Å². The highest BCUT2D eigenvalue weighted by molar-refractivity contribution is 6.00. The Labute approximate surface area is 161 Å². The van der Waals surface area contributed by atoms with Crippen LogP contribution in [0.5, 0.6) is 0 Å². The third-order valence-electron chi connectivity index (χ3n) is 4.30. The second kappa shape index (κ2) is 8.26. The Hall–Kier alpha value is -3.81. The molecule has 0 fully saturated rings. The number of aryl methyl sites for hydroxylation is 1. The highest BCUT2D eigenvalue weighted by Crippen LogP contribution is 2.18. The van der Waals surface area contributed by atoms with Gasteiger partial charge in [0.2, 0.25) is 0 Å². The number of hydrogen-bond acceptors (Lipinski definition) is 5. The molecule has 0 aliphatic rings. The molecule has 8 nitrogen and oxygen atoms in total. The minimum absolute atomic E-state index is 0.00227. The summed E-state index contributed by atoms with van der Waals surface area (Å²) in [5, 5.41) is 21.6. The first-order valence-electron chi connectivity index (χ1n) is 8.72. The van der Waals surface area contributed by atoms with Crippen LogP contribution in [0.2, 0.25) is 0 Å². The van der Waals surface area contributed by atoms with Gasteiger partial charge in [0.05, 0.1) is 16.3 Å². The van der Waals surface area contributed by atoms with Crippen LogP contribution >= 0.6 is 0 Å². The number of nitro benzene ring substituents is 1. The predicted molar refractivity (Wildman–Crippen MR) is 106 cm³/mol. The van der Waals surface area contributed by atoms with Gasteiger partial charge in [-0.05, 0) is 42.7 Å². The molecule has 1 amide bonds. The van der Waals surface area contributed by atoms with E-state index in [1.165, 1.54) is 17.7 Å². The Bertz CT molecular complexity index is 1020. The van der Waals surface area contributed by atoms with Gasteiger partial charge in [0, 0.05) is 17.7 Å². The number of rotatable bonds is 6. The molecule has 0 bridgehead atoms. The third kappa shape index (κ3) is 4.29. The molecule has 0 saturated heterocycles. The second-order valence-electron chi connectivity index (χ2n) is 6.16. The molecule has 2 aromatic carbocycles. The van der Waals surface area contributed by atoms with Crippen molar-refractivity contribution in [2.75, 3.05) is 0 Å². The molecule has 0 aliphatic carbocycles. The zero-order valence-corrected chi connectivity index (χ0v) is 15.5. The quantitative estimate of drug-likeness (QED) is 0.387. The number of nitro groups is 1. The topological polar surface area (TPSA) is 113 Å². The van der Waals surface area contributed by atoms with Crippen molar-refractivity contribution in [3.63, 3.8) is 0 Å². The SMILES string of the molecule is CCc1ccc(-c2cc(C(=O)N/N=C(\C)c3ccc([N+](=O)[O-])cc3)[nH]n2)cc1. The fraction of sp³-hybridized carbons (Fsp3) is 0.150. The number of nitrogens with zero attached hydrogens (tertiary/aromatic N) is 3. The van der Waals surface area contributed by atoms with Crippen LogP contribution < -0.4 is 5.43 Å². The lowest BCUT2D eigenvalue weighted by atomic mass is 10.1. The van der Waals surface area contributed by atoms with Gasteiger partial charge >= 0.3 is 0 Å². The van der Waals surface area contributed by atoms with E-state index in [2.05, 4.69) is 27.6 Å². The van der Waals surface area contributed by atoms with Gasteiger partial charge in [-0.3, -0.25) is 20.0 Å². The van der Waals surface area contributed by atoms with E-state index in [0.29, 0.717) is 17.0 Å². The summed E-state index contributed by atoms with van der Waals surface area (Å²) < 4.78 is 0. The monoisotopic (exact) mass is 377 g/mol. The Morgan fingerprint density at radius 3 is 2.46 bits per heavy atom. The molecule has 1 aromatic heterocycles. The van der Waals surface area contributed by atoms with Crippen LogP contribution in [-0.4, -0.2) is 26.7 Å². The summed E-state index contributed by atoms with van der Waals surface area (Å²) in [6.45, 7) is 3.79. The second-order valence-corrected chi connectivity index (χ2v) is 6.16. The van der Waals surface area contributed by atoms with E-state index in [0.717, 1.165) is 12.0 Å². The zero-order chi connectivity index (χ0) is 20.1. The molecule has 0 atom stereocenters. The summed E-state index contributed by atoms with van der Waals surface area (Å²) in [5.41, 5.74) is 6.76. The molecule has 0 saturated carbocycles. The molecular formula is C20H19N5O3. The lowest BCUT2D eigenvalue weighted by Crippen LogP contribution is -2.19. The molecule has 8 heteroatoms. The minimum atomic E-state index is -0.469. The van der Waals surface area contributed by atoms with Crippen LogP contribution in [0, 0.1) is 10.1 Å². The molecule has 3 rings (SSSR count). The first-order valence-corrected chi connectivity index (χ1v) is 8.72. The molecule has 142 valence electrons. The summed E-state index contributed by atoms with van der Waals surface area (Å²) in [6, 6.07) is 15.6. The fourth-order valence-corrected chi connectivity index (χ4v) is 2.58. The summed E-state index contributed by atoms with van der Waals surface area (Å²) in [6.07, 6.45) is 0.959. The largest absolute Gasteiger partial charge is 0.289 e. The van der Waals surface area contributed by atoms with Gasteiger partial charge in [0.15, 0.2) is 0 Å². The number of non-ortho nitro benzene ring substituents is 1. The number of benzene rings is 2. The highest BCUT2D eigenvalue weighted by atomic mass is 16.6. The van der Waals surface area contributed by atoms with Crippen molar-refractivity contribution in [3.05, 3.63) is 81.5 Å². The van der Waals surface area contributed by atoms with Crippen LogP contribution in [0.3, 0.4) is 0 Å². The summed E-state index contributed by atoms with van der Waals surface area (Å²) in [4.78, 5) is 22.5. The lowest BCUT2D eigenvalue weighted by Gasteiger charge is -2.01. The van der Waals surface area contributed by atoms with Crippen LogP contribution in [0.25, 0.3) is 11.3 Å². The highest BCUT2D eigenvalue weighted by Gasteiger charge is 2.11.